The van der Waals surface area contributed by atoms with Crippen molar-refractivity contribution in [1.82, 2.24) is 15.1 Å². The van der Waals surface area contributed by atoms with E-state index in [4.69, 9.17) is 0 Å². The highest BCUT2D eigenvalue weighted by Crippen LogP contribution is 2.21. The van der Waals surface area contributed by atoms with Crippen molar-refractivity contribution in [1.29, 1.82) is 0 Å². The van der Waals surface area contributed by atoms with Gasteiger partial charge in [-0.1, -0.05) is 58.4 Å². The summed E-state index contributed by atoms with van der Waals surface area (Å²) in [6.07, 6.45) is 0. The Labute approximate surface area is 149 Å². The second-order valence-electron chi connectivity index (χ2n) is 5.48. The molecular formula is C19H18BrN3O. The summed E-state index contributed by atoms with van der Waals surface area (Å²) < 4.78 is 1.01. The summed E-state index contributed by atoms with van der Waals surface area (Å²) in [6.45, 7) is 3.20. The quantitative estimate of drug-likeness (QED) is 0.704. The highest BCUT2D eigenvalue weighted by atomic mass is 79.9. The van der Waals surface area contributed by atoms with Gasteiger partial charge in [-0.3, -0.25) is 9.89 Å². The number of hydrogen-bond donors (Lipinski definition) is 1. The molecule has 3 rings (SSSR count). The predicted octanol–water partition coefficient (Wildman–Crippen LogP) is 4.50. The smallest absolute Gasteiger partial charge is 0.272 e. The lowest BCUT2D eigenvalue weighted by Crippen LogP contribution is -2.30. The van der Waals surface area contributed by atoms with Gasteiger partial charge in [0.15, 0.2) is 0 Å². The number of carbonyl (C=O) groups excluding carboxylic acids is 1. The SMILES string of the molecule is CCN(Cc1ccccc1)C(=O)c1cc(-c2ccc(Br)cc2)n[nH]1. The Balaban J connectivity index is 1.77. The van der Waals surface area contributed by atoms with Crippen LogP contribution in [0.25, 0.3) is 11.3 Å². The summed E-state index contributed by atoms with van der Waals surface area (Å²) in [5.41, 5.74) is 3.35. The zero-order valence-corrected chi connectivity index (χ0v) is 15.0. The Morgan fingerprint density at radius 3 is 2.50 bits per heavy atom. The van der Waals surface area contributed by atoms with Gasteiger partial charge in [0.05, 0.1) is 5.69 Å². The number of aromatic amines is 1. The molecule has 0 aliphatic carbocycles. The van der Waals surface area contributed by atoms with E-state index < -0.39 is 0 Å². The third-order valence-corrected chi connectivity index (χ3v) is 4.36. The van der Waals surface area contributed by atoms with Gasteiger partial charge >= 0.3 is 0 Å². The number of amides is 1. The first kappa shape index (κ1) is 16.5. The molecule has 2 aromatic carbocycles. The molecule has 1 aromatic heterocycles. The summed E-state index contributed by atoms with van der Waals surface area (Å²) in [4.78, 5) is 14.5. The van der Waals surface area contributed by atoms with Gasteiger partial charge in [-0.25, -0.2) is 0 Å². The van der Waals surface area contributed by atoms with Gasteiger partial charge in [0.2, 0.25) is 0 Å². The fraction of sp³-hybridized carbons (Fsp3) is 0.158. The summed E-state index contributed by atoms with van der Waals surface area (Å²) >= 11 is 3.42. The molecule has 1 amide bonds. The van der Waals surface area contributed by atoms with Crippen molar-refractivity contribution in [2.24, 2.45) is 0 Å². The van der Waals surface area contributed by atoms with E-state index in [1.807, 2.05) is 61.5 Å². The van der Waals surface area contributed by atoms with Crippen LogP contribution in [0.3, 0.4) is 0 Å². The molecule has 0 aliphatic rings. The highest BCUT2D eigenvalue weighted by molar-refractivity contribution is 9.10. The maximum Gasteiger partial charge on any atom is 0.272 e. The Bertz CT molecular complexity index is 812. The average Bonchev–Trinajstić information content (AvgIpc) is 3.10. The first-order chi connectivity index (χ1) is 11.7. The van der Waals surface area contributed by atoms with Crippen molar-refractivity contribution < 1.29 is 4.79 Å². The molecule has 1 N–H and O–H groups in total. The number of carbonyl (C=O) groups is 1. The molecule has 0 saturated carbocycles. The largest absolute Gasteiger partial charge is 0.333 e. The van der Waals surface area contributed by atoms with Crippen LogP contribution in [0, 0.1) is 0 Å². The summed E-state index contributed by atoms with van der Waals surface area (Å²) in [6, 6.07) is 19.6. The predicted molar refractivity (Wildman–Crippen MR) is 98.6 cm³/mol. The fourth-order valence-electron chi connectivity index (χ4n) is 2.50. The molecule has 0 unspecified atom stereocenters. The Hall–Kier alpha value is -2.40. The molecule has 0 radical (unpaired) electrons. The number of rotatable bonds is 5. The van der Waals surface area contributed by atoms with E-state index in [2.05, 4.69) is 26.1 Å². The van der Waals surface area contributed by atoms with E-state index in [0.29, 0.717) is 18.8 Å². The first-order valence-electron chi connectivity index (χ1n) is 7.82. The molecule has 4 nitrogen and oxygen atoms in total. The van der Waals surface area contributed by atoms with Crippen molar-refractivity contribution in [2.75, 3.05) is 6.54 Å². The number of nitrogens with one attached hydrogen (secondary N) is 1. The van der Waals surface area contributed by atoms with E-state index in [-0.39, 0.29) is 5.91 Å². The monoisotopic (exact) mass is 383 g/mol. The van der Waals surface area contributed by atoms with Crippen molar-refractivity contribution in [3.05, 3.63) is 76.4 Å². The molecule has 1 heterocycles. The van der Waals surface area contributed by atoms with Crippen LogP contribution in [0.4, 0.5) is 0 Å². The third kappa shape index (κ3) is 3.74. The van der Waals surface area contributed by atoms with Gasteiger partial charge in [-0.2, -0.15) is 5.10 Å². The van der Waals surface area contributed by atoms with E-state index in [1.165, 1.54) is 0 Å². The van der Waals surface area contributed by atoms with Crippen molar-refractivity contribution >= 4 is 21.8 Å². The van der Waals surface area contributed by atoms with Crippen LogP contribution in [0.2, 0.25) is 0 Å². The Morgan fingerprint density at radius 2 is 1.83 bits per heavy atom. The van der Waals surface area contributed by atoms with Crippen LogP contribution in [0.5, 0.6) is 0 Å². The first-order valence-corrected chi connectivity index (χ1v) is 8.61. The van der Waals surface area contributed by atoms with Crippen molar-refractivity contribution in [3.8, 4) is 11.3 Å². The van der Waals surface area contributed by atoms with E-state index in [1.54, 1.807) is 11.0 Å². The molecule has 0 bridgehead atoms. The number of nitrogens with zero attached hydrogens (tertiary/aromatic N) is 2. The minimum Gasteiger partial charge on any atom is -0.333 e. The lowest BCUT2D eigenvalue weighted by Gasteiger charge is -2.20. The topological polar surface area (TPSA) is 49.0 Å². The van der Waals surface area contributed by atoms with Crippen LogP contribution in [-0.4, -0.2) is 27.5 Å². The van der Waals surface area contributed by atoms with Crippen LogP contribution < -0.4 is 0 Å². The van der Waals surface area contributed by atoms with Gasteiger partial charge in [-0.05, 0) is 30.7 Å². The number of aromatic nitrogens is 2. The second-order valence-corrected chi connectivity index (χ2v) is 6.39. The number of hydrogen-bond acceptors (Lipinski definition) is 2. The van der Waals surface area contributed by atoms with Gasteiger partial charge in [-0.15, -0.1) is 0 Å². The van der Waals surface area contributed by atoms with Crippen LogP contribution in [-0.2, 0) is 6.54 Å². The zero-order chi connectivity index (χ0) is 16.9. The maximum absolute atomic E-state index is 12.7. The van der Waals surface area contributed by atoms with Crippen LogP contribution in [0.15, 0.2) is 65.1 Å². The molecule has 5 heteroatoms. The van der Waals surface area contributed by atoms with Crippen LogP contribution in [0.1, 0.15) is 23.0 Å². The number of halogens is 1. The van der Waals surface area contributed by atoms with Crippen molar-refractivity contribution in [3.63, 3.8) is 0 Å². The lowest BCUT2D eigenvalue weighted by atomic mass is 10.1. The summed E-state index contributed by atoms with van der Waals surface area (Å²) in [5.74, 6) is -0.0442. The number of H-pyrrole nitrogens is 1. The van der Waals surface area contributed by atoms with Crippen LogP contribution >= 0.6 is 15.9 Å². The minimum atomic E-state index is -0.0442. The molecule has 0 spiro atoms. The molecule has 122 valence electrons. The molecule has 0 saturated heterocycles. The highest BCUT2D eigenvalue weighted by Gasteiger charge is 2.17. The standard InChI is InChI=1S/C19H18BrN3O/c1-2-23(13-14-6-4-3-5-7-14)19(24)18-12-17(21-22-18)15-8-10-16(20)11-9-15/h3-12H,2,13H2,1H3,(H,21,22). The van der Waals surface area contributed by atoms with Gasteiger partial charge < -0.3 is 4.90 Å². The fourth-order valence-corrected chi connectivity index (χ4v) is 2.77. The molecule has 3 aromatic rings. The molecule has 24 heavy (non-hydrogen) atoms. The van der Waals surface area contributed by atoms with E-state index >= 15 is 0 Å². The summed E-state index contributed by atoms with van der Waals surface area (Å²) in [7, 11) is 0. The average molecular weight is 384 g/mol. The minimum absolute atomic E-state index is 0.0442. The lowest BCUT2D eigenvalue weighted by molar-refractivity contribution is 0.0746. The van der Waals surface area contributed by atoms with Crippen molar-refractivity contribution in [2.45, 2.75) is 13.5 Å². The molecule has 0 fully saturated rings. The van der Waals surface area contributed by atoms with E-state index in [9.17, 15) is 4.79 Å². The third-order valence-electron chi connectivity index (χ3n) is 3.83. The number of benzene rings is 2. The normalized spacial score (nSPS) is 10.6. The maximum atomic E-state index is 12.7. The molecule has 0 atom stereocenters. The van der Waals surface area contributed by atoms with Gasteiger partial charge in [0, 0.05) is 23.1 Å². The van der Waals surface area contributed by atoms with Gasteiger partial charge in [0.1, 0.15) is 5.69 Å². The Kier molecular flexibility index (Phi) is 5.11. The Morgan fingerprint density at radius 1 is 1.12 bits per heavy atom. The molecule has 0 aliphatic heterocycles. The molecular weight excluding hydrogens is 366 g/mol. The zero-order valence-electron chi connectivity index (χ0n) is 13.4. The van der Waals surface area contributed by atoms with E-state index in [0.717, 1.165) is 21.3 Å². The second kappa shape index (κ2) is 7.45. The van der Waals surface area contributed by atoms with Gasteiger partial charge in [0.25, 0.3) is 5.91 Å². The summed E-state index contributed by atoms with van der Waals surface area (Å²) in [5, 5.41) is 7.14.